The van der Waals surface area contributed by atoms with Crippen molar-refractivity contribution in [1.29, 1.82) is 0 Å². The van der Waals surface area contributed by atoms with Gasteiger partial charge in [0.05, 0.1) is 30.1 Å². The second-order valence-corrected chi connectivity index (χ2v) is 12.2. The molecule has 0 saturated carbocycles. The van der Waals surface area contributed by atoms with Gasteiger partial charge in [0.15, 0.2) is 0 Å². The molecule has 4 aliphatic heterocycles. The van der Waals surface area contributed by atoms with Crippen molar-refractivity contribution in [3.8, 4) is 0 Å². The third kappa shape index (κ3) is 4.14. The molecule has 4 aliphatic rings. The van der Waals surface area contributed by atoms with Gasteiger partial charge in [-0.25, -0.2) is 0 Å². The molecule has 8 heteroatoms. The van der Waals surface area contributed by atoms with Gasteiger partial charge in [-0.1, -0.05) is 63.6 Å². The van der Waals surface area contributed by atoms with Crippen molar-refractivity contribution in [2.75, 3.05) is 31.1 Å². The molecule has 2 fully saturated rings. The van der Waals surface area contributed by atoms with Crippen molar-refractivity contribution in [2.45, 2.75) is 77.7 Å². The molecule has 8 nitrogen and oxygen atoms in total. The van der Waals surface area contributed by atoms with E-state index in [1.807, 2.05) is 84.0 Å². The Labute approximate surface area is 237 Å². The molecular formula is C32H43N3O5. The number of benzene rings is 1. The van der Waals surface area contributed by atoms with Gasteiger partial charge in [-0.05, 0) is 50.3 Å². The summed E-state index contributed by atoms with van der Waals surface area (Å²) in [5.74, 6) is -2.39. The van der Waals surface area contributed by atoms with E-state index in [0.29, 0.717) is 19.6 Å². The smallest absolute Gasteiger partial charge is 0.253 e. The van der Waals surface area contributed by atoms with E-state index < -0.39 is 35.1 Å². The van der Waals surface area contributed by atoms with Crippen LogP contribution in [0.25, 0.3) is 0 Å². The Kier molecular flexibility index (Phi) is 7.46. The molecule has 1 aromatic carbocycles. The van der Waals surface area contributed by atoms with Crippen LogP contribution in [0.3, 0.4) is 0 Å². The first-order valence-electron chi connectivity index (χ1n) is 14.7. The predicted octanol–water partition coefficient (Wildman–Crippen LogP) is 3.39. The molecule has 0 aromatic heterocycles. The lowest BCUT2D eigenvalue weighted by Crippen LogP contribution is -2.60. The Hall–Kier alpha value is -2.97. The van der Waals surface area contributed by atoms with Crippen LogP contribution in [0.4, 0.5) is 5.69 Å². The van der Waals surface area contributed by atoms with Gasteiger partial charge < -0.3 is 24.5 Å². The number of nitrogens with zero attached hydrogens (tertiary/aromatic N) is 3. The predicted molar refractivity (Wildman–Crippen MR) is 154 cm³/mol. The van der Waals surface area contributed by atoms with Crippen molar-refractivity contribution in [3.05, 3.63) is 53.6 Å². The maximum Gasteiger partial charge on any atom is 0.253 e. The van der Waals surface area contributed by atoms with Gasteiger partial charge in [0.2, 0.25) is 11.8 Å². The largest absolute Gasteiger partial charge is 0.394 e. The lowest BCUT2D eigenvalue weighted by Gasteiger charge is -2.41. The Morgan fingerprint density at radius 2 is 1.75 bits per heavy atom. The van der Waals surface area contributed by atoms with Gasteiger partial charge in [-0.2, -0.15) is 0 Å². The van der Waals surface area contributed by atoms with E-state index in [2.05, 4.69) is 0 Å². The monoisotopic (exact) mass is 549 g/mol. The summed E-state index contributed by atoms with van der Waals surface area (Å²) in [4.78, 5) is 48.6. The molecule has 5 rings (SSSR count). The summed E-state index contributed by atoms with van der Waals surface area (Å²) in [7, 11) is 0. The van der Waals surface area contributed by atoms with Gasteiger partial charge in [0.25, 0.3) is 5.91 Å². The van der Waals surface area contributed by atoms with Crippen molar-refractivity contribution in [2.24, 2.45) is 17.8 Å². The topological polar surface area (TPSA) is 90.4 Å². The van der Waals surface area contributed by atoms with E-state index in [-0.39, 0.29) is 30.2 Å². The standard InChI is InChI=1S/C32H43N3O5/c1-7-15-33-16-9-13-31(6)25(28(33)37)26-29(38)35(24(19-36)21(4)8-2)27-30(39)34(17-10-14-32(26,27)40-31)23-18-20(3)11-12-22(23)5/h9-14,18,21,24-27,36H,7-8,15-17,19H2,1-6H3/t21-,24-,25+,26-,27?,31-,32-/m0/s1. The number of aliphatic hydroxyl groups is 1. The number of aryl methyl sites for hydroxylation is 2. The molecule has 1 N–H and O–H groups in total. The minimum absolute atomic E-state index is 0.0632. The molecule has 4 heterocycles. The normalized spacial score (nSPS) is 33.0. The lowest BCUT2D eigenvalue weighted by atomic mass is 9.74. The highest BCUT2D eigenvalue weighted by molar-refractivity contribution is 6.06. The zero-order valence-corrected chi connectivity index (χ0v) is 24.6. The van der Waals surface area contributed by atoms with Crippen LogP contribution in [-0.4, -0.2) is 82.2 Å². The average Bonchev–Trinajstić information content (AvgIpc) is 3.19. The quantitative estimate of drug-likeness (QED) is 0.527. The van der Waals surface area contributed by atoms with Crippen molar-refractivity contribution >= 4 is 23.4 Å². The van der Waals surface area contributed by atoms with Gasteiger partial charge in [-0.15, -0.1) is 0 Å². The van der Waals surface area contributed by atoms with Crippen molar-refractivity contribution in [1.82, 2.24) is 9.80 Å². The van der Waals surface area contributed by atoms with Crippen LogP contribution in [0, 0.1) is 31.6 Å². The fourth-order valence-electron chi connectivity index (χ4n) is 7.38. The first kappa shape index (κ1) is 28.6. The Morgan fingerprint density at radius 3 is 2.42 bits per heavy atom. The molecule has 3 amide bonds. The molecule has 2 saturated heterocycles. The summed E-state index contributed by atoms with van der Waals surface area (Å²) in [5.41, 5.74) is 0.384. The number of amides is 3. The summed E-state index contributed by atoms with van der Waals surface area (Å²) in [5, 5.41) is 10.6. The fourth-order valence-corrected chi connectivity index (χ4v) is 7.38. The molecule has 216 valence electrons. The highest BCUT2D eigenvalue weighted by atomic mass is 16.5. The zero-order chi connectivity index (χ0) is 29.0. The molecule has 1 unspecified atom stereocenters. The number of anilines is 1. The third-order valence-electron chi connectivity index (χ3n) is 9.57. The Morgan fingerprint density at radius 1 is 1.02 bits per heavy atom. The SMILES string of the molecule is CCCN1CC=C[C@]2(C)O[C@]34C=CCN(c5cc(C)ccc5C)C(=O)C3N([C@@H](CO)[C@@H](C)CC)C(=O)[C@@H]4[C@@H]2C1=O. The van der Waals surface area contributed by atoms with Gasteiger partial charge >= 0.3 is 0 Å². The maximum atomic E-state index is 14.8. The van der Waals surface area contributed by atoms with Gasteiger partial charge in [0, 0.05) is 25.3 Å². The summed E-state index contributed by atoms with van der Waals surface area (Å²) in [6, 6.07) is 4.40. The molecular weight excluding hydrogens is 506 g/mol. The molecule has 0 aliphatic carbocycles. The van der Waals surface area contributed by atoms with E-state index in [1.165, 1.54) is 0 Å². The summed E-state index contributed by atoms with van der Waals surface area (Å²) in [6.07, 6.45) is 9.16. The van der Waals surface area contributed by atoms with Crippen LogP contribution < -0.4 is 4.90 Å². The number of rotatable bonds is 7. The summed E-state index contributed by atoms with van der Waals surface area (Å²) < 4.78 is 6.93. The van der Waals surface area contributed by atoms with Crippen LogP contribution >= 0.6 is 0 Å². The molecule has 1 spiro atoms. The van der Waals surface area contributed by atoms with Crippen LogP contribution in [0.5, 0.6) is 0 Å². The minimum atomic E-state index is -1.34. The van der Waals surface area contributed by atoms with Crippen LogP contribution in [0.2, 0.25) is 0 Å². The number of ether oxygens (including phenoxy) is 1. The number of fused-ring (bicyclic) bond motifs is 2. The number of aliphatic hydroxyl groups excluding tert-OH is 1. The first-order valence-corrected chi connectivity index (χ1v) is 14.7. The van der Waals surface area contributed by atoms with Crippen LogP contribution in [0.1, 0.15) is 51.7 Å². The van der Waals surface area contributed by atoms with Crippen LogP contribution in [-0.2, 0) is 19.1 Å². The van der Waals surface area contributed by atoms with E-state index in [1.54, 1.807) is 14.7 Å². The fraction of sp³-hybridized carbons (Fsp3) is 0.594. The number of hydrogen-bond acceptors (Lipinski definition) is 5. The maximum absolute atomic E-state index is 14.8. The number of hydrogen-bond donors (Lipinski definition) is 1. The van der Waals surface area contributed by atoms with Crippen molar-refractivity contribution in [3.63, 3.8) is 0 Å². The highest BCUT2D eigenvalue weighted by Gasteiger charge is 2.75. The molecule has 1 aromatic rings. The van der Waals surface area contributed by atoms with Crippen LogP contribution in [0.15, 0.2) is 42.5 Å². The lowest BCUT2D eigenvalue weighted by molar-refractivity contribution is -0.152. The number of carbonyl (C=O) groups excluding carboxylic acids is 3. The molecule has 40 heavy (non-hydrogen) atoms. The average molecular weight is 550 g/mol. The minimum Gasteiger partial charge on any atom is -0.394 e. The molecule has 7 atom stereocenters. The second-order valence-electron chi connectivity index (χ2n) is 12.2. The first-order chi connectivity index (χ1) is 19.0. The highest BCUT2D eigenvalue weighted by Crippen LogP contribution is 2.58. The van der Waals surface area contributed by atoms with E-state index in [0.717, 1.165) is 29.7 Å². The molecule has 0 radical (unpaired) electrons. The zero-order valence-electron chi connectivity index (χ0n) is 24.6. The summed E-state index contributed by atoms with van der Waals surface area (Å²) in [6.45, 7) is 12.9. The van der Waals surface area contributed by atoms with Gasteiger partial charge in [-0.3, -0.25) is 14.4 Å². The number of likely N-dealkylation sites (tertiary alicyclic amines) is 1. The molecule has 0 bridgehead atoms. The van der Waals surface area contributed by atoms with E-state index in [9.17, 15) is 19.5 Å². The van der Waals surface area contributed by atoms with E-state index in [4.69, 9.17) is 4.74 Å². The number of carbonyl (C=O) groups is 3. The Balaban J connectivity index is 1.70. The summed E-state index contributed by atoms with van der Waals surface area (Å²) >= 11 is 0. The third-order valence-corrected chi connectivity index (χ3v) is 9.57. The van der Waals surface area contributed by atoms with Gasteiger partial charge in [0.1, 0.15) is 11.6 Å². The Bertz CT molecular complexity index is 1260. The van der Waals surface area contributed by atoms with Crippen molar-refractivity contribution < 1.29 is 24.2 Å². The second kappa shape index (κ2) is 10.5. The van der Waals surface area contributed by atoms with E-state index >= 15 is 0 Å².